The fourth-order valence-corrected chi connectivity index (χ4v) is 2.11. The lowest BCUT2D eigenvalue weighted by atomic mass is 9.99. The number of rotatable bonds is 2. The Bertz CT molecular complexity index is 620. The first-order valence-corrected chi connectivity index (χ1v) is 5.74. The molecule has 0 atom stereocenters. The van der Waals surface area contributed by atoms with Crippen LogP contribution in [-0.2, 0) is 18.0 Å². The number of carbonyl (C=O) groups excluding carboxylic acids is 1. The van der Waals surface area contributed by atoms with Crippen molar-refractivity contribution in [3.63, 3.8) is 0 Å². The molecular formula is C15H11FO2. The van der Waals surface area contributed by atoms with Crippen molar-refractivity contribution < 1.29 is 13.9 Å². The van der Waals surface area contributed by atoms with Gasteiger partial charge in [-0.25, -0.2) is 4.39 Å². The van der Waals surface area contributed by atoms with E-state index in [4.69, 9.17) is 4.74 Å². The fraction of sp³-hybridized carbons (Fsp3) is 0.133. The van der Waals surface area contributed by atoms with Crippen molar-refractivity contribution in [1.82, 2.24) is 0 Å². The van der Waals surface area contributed by atoms with Crippen LogP contribution in [-0.4, -0.2) is 5.78 Å². The number of halogens is 1. The number of benzene rings is 2. The average Bonchev–Trinajstić information content (AvgIpc) is 2.85. The van der Waals surface area contributed by atoms with Crippen molar-refractivity contribution in [3.05, 3.63) is 70.5 Å². The van der Waals surface area contributed by atoms with Crippen LogP contribution in [0, 0.1) is 5.82 Å². The zero-order valence-corrected chi connectivity index (χ0v) is 9.65. The topological polar surface area (TPSA) is 26.3 Å². The van der Waals surface area contributed by atoms with E-state index >= 15 is 0 Å². The van der Waals surface area contributed by atoms with Gasteiger partial charge in [-0.3, -0.25) is 4.79 Å². The van der Waals surface area contributed by atoms with E-state index in [2.05, 4.69) is 0 Å². The molecule has 0 aromatic heterocycles. The third-order valence-electron chi connectivity index (χ3n) is 3.07. The zero-order valence-electron chi connectivity index (χ0n) is 9.65. The molecule has 1 aliphatic rings. The van der Waals surface area contributed by atoms with Gasteiger partial charge in [0.1, 0.15) is 5.82 Å². The van der Waals surface area contributed by atoms with Crippen LogP contribution in [0.2, 0.25) is 0 Å². The van der Waals surface area contributed by atoms with Gasteiger partial charge in [-0.1, -0.05) is 24.3 Å². The van der Waals surface area contributed by atoms with E-state index in [1.165, 1.54) is 12.1 Å². The van der Waals surface area contributed by atoms with Gasteiger partial charge in [0, 0.05) is 11.1 Å². The Morgan fingerprint density at radius 2 is 1.78 bits per heavy atom. The standard InChI is InChI=1S/C15H11FO2/c16-14-3-1-2-10(7-14)15(17)11-4-5-12-8-18-9-13(12)6-11/h1-7H,8-9H2. The molecule has 0 N–H and O–H groups in total. The maximum Gasteiger partial charge on any atom is 0.193 e. The van der Waals surface area contributed by atoms with Gasteiger partial charge in [-0.15, -0.1) is 0 Å². The first-order valence-electron chi connectivity index (χ1n) is 5.74. The Morgan fingerprint density at radius 1 is 1.00 bits per heavy atom. The maximum atomic E-state index is 13.1. The van der Waals surface area contributed by atoms with Crippen LogP contribution in [0.1, 0.15) is 27.0 Å². The molecule has 3 rings (SSSR count). The molecule has 0 saturated carbocycles. The maximum absolute atomic E-state index is 13.1. The van der Waals surface area contributed by atoms with Crippen LogP contribution in [0.5, 0.6) is 0 Å². The van der Waals surface area contributed by atoms with E-state index in [9.17, 15) is 9.18 Å². The summed E-state index contributed by atoms with van der Waals surface area (Å²) in [4.78, 5) is 12.2. The van der Waals surface area contributed by atoms with Crippen LogP contribution in [0.25, 0.3) is 0 Å². The van der Waals surface area contributed by atoms with E-state index in [0.717, 1.165) is 11.1 Å². The van der Waals surface area contributed by atoms with E-state index in [1.807, 2.05) is 12.1 Å². The zero-order chi connectivity index (χ0) is 12.5. The van der Waals surface area contributed by atoms with E-state index in [1.54, 1.807) is 18.2 Å². The second-order valence-corrected chi connectivity index (χ2v) is 4.32. The predicted molar refractivity (Wildman–Crippen MR) is 64.8 cm³/mol. The Morgan fingerprint density at radius 3 is 2.61 bits per heavy atom. The molecule has 0 aliphatic carbocycles. The van der Waals surface area contributed by atoms with Crippen molar-refractivity contribution in [2.45, 2.75) is 13.2 Å². The van der Waals surface area contributed by atoms with Gasteiger partial charge >= 0.3 is 0 Å². The summed E-state index contributed by atoms with van der Waals surface area (Å²) in [5.41, 5.74) is 3.10. The first-order chi connectivity index (χ1) is 8.74. The van der Waals surface area contributed by atoms with Gasteiger partial charge < -0.3 is 4.74 Å². The van der Waals surface area contributed by atoms with Gasteiger partial charge in [0.25, 0.3) is 0 Å². The second-order valence-electron chi connectivity index (χ2n) is 4.32. The van der Waals surface area contributed by atoms with Gasteiger partial charge in [0.2, 0.25) is 0 Å². The van der Waals surface area contributed by atoms with Gasteiger partial charge in [0.15, 0.2) is 5.78 Å². The van der Waals surface area contributed by atoms with Gasteiger partial charge in [-0.05, 0) is 29.3 Å². The lowest BCUT2D eigenvalue weighted by molar-refractivity contribution is 0.103. The molecule has 0 fully saturated rings. The molecule has 2 aromatic carbocycles. The van der Waals surface area contributed by atoms with Crippen LogP contribution < -0.4 is 0 Å². The van der Waals surface area contributed by atoms with Crippen molar-refractivity contribution in [2.24, 2.45) is 0 Å². The molecule has 2 aromatic rings. The van der Waals surface area contributed by atoms with Crippen LogP contribution >= 0.6 is 0 Å². The number of carbonyl (C=O) groups is 1. The lowest BCUT2D eigenvalue weighted by Crippen LogP contribution is -2.02. The quantitative estimate of drug-likeness (QED) is 0.756. The highest BCUT2D eigenvalue weighted by molar-refractivity contribution is 6.09. The second kappa shape index (κ2) is 4.35. The summed E-state index contributed by atoms with van der Waals surface area (Å²) in [5, 5.41) is 0. The summed E-state index contributed by atoms with van der Waals surface area (Å²) in [6.07, 6.45) is 0. The summed E-state index contributed by atoms with van der Waals surface area (Å²) in [5.74, 6) is -0.561. The summed E-state index contributed by atoms with van der Waals surface area (Å²) in [6.45, 7) is 1.14. The largest absolute Gasteiger partial charge is 0.372 e. The van der Waals surface area contributed by atoms with Gasteiger partial charge in [-0.2, -0.15) is 0 Å². The minimum Gasteiger partial charge on any atom is -0.372 e. The summed E-state index contributed by atoms with van der Waals surface area (Å²) >= 11 is 0. The van der Waals surface area contributed by atoms with Crippen molar-refractivity contribution in [2.75, 3.05) is 0 Å². The molecule has 0 amide bonds. The minimum atomic E-state index is -0.398. The molecule has 90 valence electrons. The number of hydrogen-bond acceptors (Lipinski definition) is 2. The van der Waals surface area contributed by atoms with Crippen molar-refractivity contribution >= 4 is 5.78 Å². The van der Waals surface area contributed by atoms with Crippen LogP contribution in [0.3, 0.4) is 0 Å². The van der Waals surface area contributed by atoms with Crippen molar-refractivity contribution in [3.8, 4) is 0 Å². The third kappa shape index (κ3) is 1.93. The van der Waals surface area contributed by atoms with Crippen LogP contribution in [0.4, 0.5) is 4.39 Å². The molecule has 18 heavy (non-hydrogen) atoms. The van der Waals surface area contributed by atoms with Crippen LogP contribution in [0.15, 0.2) is 42.5 Å². The molecule has 0 spiro atoms. The number of ketones is 1. The smallest absolute Gasteiger partial charge is 0.193 e. The molecule has 0 unspecified atom stereocenters. The number of fused-ring (bicyclic) bond motifs is 1. The van der Waals surface area contributed by atoms with E-state index in [0.29, 0.717) is 24.3 Å². The Kier molecular flexibility index (Phi) is 2.68. The molecule has 0 radical (unpaired) electrons. The SMILES string of the molecule is O=C(c1cccc(F)c1)c1ccc2c(c1)COC2. The Hall–Kier alpha value is -2.00. The fourth-order valence-electron chi connectivity index (χ4n) is 2.11. The normalized spacial score (nSPS) is 13.4. The minimum absolute atomic E-state index is 0.163. The summed E-state index contributed by atoms with van der Waals surface area (Å²) in [7, 11) is 0. The summed E-state index contributed by atoms with van der Waals surface area (Å²) < 4.78 is 18.4. The highest BCUT2D eigenvalue weighted by Gasteiger charge is 2.15. The Balaban J connectivity index is 1.98. The molecule has 3 heteroatoms. The van der Waals surface area contributed by atoms with E-state index < -0.39 is 5.82 Å². The lowest BCUT2D eigenvalue weighted by Gasteiger charge is -2.03. The average molecular weight is 242 g/mol. The Labute approximate surface area is 104 Å². The number of ether oxygens (including phenoxy) is 1. The monoisotopic (exact) mass is 242 g/mol. The van der Waals surface area contributed by atoms with Crippen molar-refractivity contribution in [1.29, 1.82) is 0 Å². The molecular weight excluding hydrogens is 231 g/mol. The summed E-state index contributed by atoms with van der Waals surface area (Å²) in [6, 6.07) is 11.2. The first kappa shape index (κ1) is 11.1. The third-order valence-corrected chi connectivity index (χ3v) is 3.07. The van der Waals surface area contributed by atoms with Gasteiger partial charge in [0.05, 0.1) is 13.2 Å². The molecule has 1 heterocycles. The highest BCUT2D eigenvalue weighted by atomic mass is 19.1. The predicted octanol–water partition coefficient (Wildman–Crippen LogP) is 3.09. The molecule has 2 nitrogen and oxygen atoms in total. The molecule has 1 aliphatic heterocycles. The van der Waals surface area contributed by atoms with E-state index in [-0.39, 0.29) is 5.78 Å². The molecule has 0 bridgehead atoms. The highest BCUT2D eigenvalue weighted by Crippen LogP contribution is 2.22. The molecule has 0 saturated heterocycles. The number of hydrogen-bond donors (Lipinski definition) is 0.